The van der Waals surface area contributed by atoms with Crippen molar-refractivity contribution in [3.63, 3.8) is 0 Å². The molecule has 0 bridgehead atoms. The molecule has 0 aliphatic carbocycles. The first kappa shape index (κ1) is 10.1. The Balaban J connectivity index is 2.48. The quantitative estimate of drug-likeness (QED) is 0.617. The van der Waals surface area contributed by atoms with Gasteiger partial charge in [0.25, 0.3) is 5.69 Å². The summed E-state index contributed by atoms with van der Waals surface area (Å²) in [6.07, 6.45) is 2.85. The number of nitro benzene ring substituents is 1. The fraction of sp³-hybridized carbons (Fsp3) is 0. The summed E-state index contributed by atoms with van der Waals surface area (Å²) in [6.45, 7) is 0. The molecule has 1 aromatic heterocycles. The maximum atomic E-state index is 10.6. The van der Waals surface area contributed by atoms with Gasteiger partial charge in [-0.1, -0.05) is 12.1 Å². The minimum absolute atomic E-state index is 0.0147. The van der Waals surface area contributed by atoms with Crippen LogP contribution in [0, 0.1) is 10.1 Å². The SMILES string of the molecule is O=[N+]([O-])c1cccc(-c2cncc(O)c2)c1. The normalized spacial score (nSPS) is 10.0. The summed E-state index contributed by atoms with van der Waals surface area (Å²) in [7, 11) is 0. The number of aromatic hydroxyl groups is 1. The van der Waals surface area contributed by atoms with Crippen LogP contribution in [0.5, 0.6) is 5.75 Å². The van der Waals surface area contributed by atoms with Gasteiger partial charge in [-0.15, -0.1) is 0 Å². The predicted octanol–water partition coefficient (Wildman–Crippen LogP) is 2.36. The Kier molecular flexibility index (Phi) is 2.51. The van der Waals surface area contributed by atoms with Crippen LogP contribution < -0.4 is 0 Å². The van der Waals surface area contributed by atoms with Gasteiger partial charge in [0.1, 0.15) is 5.75 Å². The van der Waals surface area contributed by atoms with Gasteiger partial charge in [0.15, 0.2) is 0 Å². The fourth-order valence-corrected chi connectivity index (χ4v) is 1.38. The molecule has 0 fully saturated rings. The number of nitro groups is 1. The standard InChI is InChI=1S/C11H8N2O3/c14-11-5-9(6-12-7-11)8-2-1-3-10(4-8)13(15)16/h1-7,14H. The molecule has 0 spiro atoms. The number of rotatable bonds is 2. The van der Waals surface area contributed by atoms with Crippen LogP contribution in [-0.4, -0.2) is 15.0 Å². The molecule has 0 aliphatic rings. The molecule has 0 aliphatic heterocycles. The van der Waals surface area contributed by atoms with Gasteiger partial charge in [0.2, 0.25) is 0 Å². The van der Waals surface area contributed by atoms with Crippen LogP contribution in [-0.2, 0) is 0 Å². The monoisotopic (exact) mass is 216 g/mol. The minimum atomic E-state index is -0.459. The summed E-state index contributed by atoms with van der Waals surface area (Å²) in [5, 5.41) is 19.8. The Hall–Kier alpha value is -2.43. The number of pyridine rings is 1. The Morgan fingerprint density at radius 2 is 2.00 bits per heavy atom. The van der Waals surface area contributed by atoms with E-state index in [9.17, 15) is 15.2 Å². The molecule has 80 valence electrons. The Morgan fingerprint density at radius 1 is 1.19 bits per heavy atom. The fourth-order valence-electron chi connectivity index (χ4n) is 1.38. The number of hydrogen-bond donors (Lipinski definition) is 1. The lowest BCUT2D eigenvalue weighted by atomic mass is 10.1. The van der Waals surface area contributed by atoms with Crippen molar-refractivity contribution in [3.8, 4) is 16.9 Å². The Bertz CT molecular complexity index is 540. The highest BCUT2D eigenvalue weighted by molar-refractivity contribution is 5.66. The van der Waals surface area contributed by atoms with E-state index in [1.807, 2.05) is 0 Å². The van der Waals surface area contributed by atoms with Crippen LogP contribution in [0.3, 0.4) is 0 Å². The molecule has 2 rings (SSSR count). The van der Waals surface area contributed by atoms with E-state index in [0.717, 1.165) is 0 Å². The van der Waals surface area contributed by atoms with Crippen LogP contribution in [0.15, 0.2) is 42.7 Å². The molecule has 5 nitrogen and oxygen atoms in total. The highest BCUT2D eigenvalue weighted by atomic mass is 16.6. The molecule has 16 heavy (non-hydrogen) atoms. The van der Waals surface area contributed by atoms with E-state index in [1.54, 1.807) is 18.3 Å². The Morgan fingerprint density at radius 3 is 2.69 bits per heavy atom. The van der Waals surface area contributed by atoms with E-state index < -0.39 is 4.92 Å². The Labute approximate surface area is 91.2 Å². The third kappa shape index (κ3) is 1.98. The average Bonchev–Trinajstić information content (AvgIpc) is 2.29. The van der Waals surface area contributed by atoms with Crippen molar-refractivity contribution in [2.24, 2.45) is 0 Å². The van der Waals surface area contributed by atoms with Gasteiger partial charge in [-0.3, -0.25) is 15.1 Å². The number of non-ortho nitro benzene ring substituents is 1. The van der Waals surface area contributed by atoms with E-state index >= 15 is 0 Å². The smallest absolute Gasteiger partial charge is 0.270 e. The molecule has 0 amide bonds. The summed E-state index contributed by atoms with van der Waals surface area (Å²) in [4.78, 5) is 13.9. The molecule has 2 aromatic rings. The van der Waals surface area contributed by atoms with Crippen LogP contribution in [0.25, 0.3) is 11.1 Å². The van der Waals surface area contributed by atoms with Crippen molar-refractivity contribution < 1.29 is 10.0 Å². The molecular weight excluding hydrogens is 208 g/mol. The van der Waals surface area contributed by atoms with Gasteiger partial charge in [-0.2, -0.15) is 0 Å². The van der Waals surface area contributed by atoms with Gasteiger partial charge in [0, 0.05) is 23.9 Å². The molecule has 0 radical (unpaired) electrons. The summed E-state index contributed by atoms with van der Waals surface area (Å²) in [6, 6.07) is 7.68. The van der Waals surface area contributed by atoms with Crippen LogP contribution in [0.4, 0.5) is 5.69 Å². The second kappa shape index (κ2) is 3.98. The molecule has 5 heteroatoms. The average molecular weight is 216 g/mol. The third-order valence-corrected chi connectivity index (χ3v) is 2.11. The first-order chi connectivity index (χ1) is 7.66. The minimum Gasteiger partial charge on any atom is -0.506 e. The number of hydrogen-bond acceptors (Lipinski definition) is 4. The highest BCUT2D eigenvalue weighted by Crippen LogP contribution is 2.25. The van der Waals surface area contributed by atoms with E-state index in [4.69, 9.17) is 0 Å². The zero-order chi connectivity index (χ0) is 11.5. The van der Waals surface area contributed by atoms with E-state index in [0.29, 0.717) is 11.1 Å². The number of benzene rings is 1. The largest absolute Gasteiger partial charge is 0.506 e. The van der Waals surface area contributed by atoms with Gasteiger partial charge < -0.3 is 5.11 Å². The zero-order valence-electron chi connectivity index (χ0n) is 8.20. The van der Waals surface area contributed by atoms with Crippen LogP contribution >= 0.6 is 0 Å². The van der Waals surface area contributed by atoms with Crippen molar-refractivity contribution in [2.75, 3.05) is 0 Å². The summed E-state index contributed by atoms with van der Waals surface area (Å²) < 4.78 is 0. The lowest BCUT2D eigenvalue weighted by molar-refractivity contribution is -0.384. The van der Waals surface area contributed by atoms with Gasteiger partial charge in [0.05, 0.1) is 11.1 Å². The first-order valence-corrected chi connectivity index (χ1v) is 4.55. The number of aromatic nitrogens is 1. The molecule has 0 unspecified atom stereocenters. The van der Waals surface area contributed by atoms with Crippen LogP contribution in [0.2, 0.25) is 0 Å². The zero-order valence-corrected chi connectivity index (χ0v) is 8.20. The van der Waals surface area contributed by atoms with Gasteiger partial charge in [-0.05, 0) is 11.6 Å². The molecule has 1 heterocycles. The van der Waals surface area contributed by atoms with Crippen molar-refractivity contribution in [1.29, 1.82) is 0 Å². The van der Waals surface area contributed by atoms with Crippen molar-refractivity contribution in [3.05, 3.63) is 52.8 Å². The molecule has 1 aromatic carbocycles. The third-order valence-electron chi connectivity index (χ3n) is 2.11. The summed E-state index contributed by atoms with van der Waals surface area (Å²) in [5.41, 5.74) is 1.31. The second-order valence-corrected chi connectivity index (χ2v) is 3.24. The van der Waals surface area contributed by atoms with Gasteiger partial charge >= 0.3 is 0 Å². The summed E-state index contributed by atoms with van der Waals surface area (Å²) in [5.74, 6) is 0.0315. The first-order valence-electron chi connectivity index (χ1n) is 4.55. The van der Waals surface area contributed by atoms with Crippen LogP contribution in [0.1, 0.15) is 0 Å². The lowest BCUT2D eigenvalue weighted by Gasteiger charge is -2.01. The predicted molar refractivity (Wildman–Crippen MR) is 58.0 cm³/mol. The molecular formula is C11H8N2O3. The number of nitrogens with zero attached hydrogens (tertiary/aromatic N) is 2. The van der Waals surface area contributed by atoms with Gasteiger partial charge in [-0.25, -0.2) is 0 Å². The second-order valence-electron chi connectivity index (χ2n) is 3.24. The molecule has 0 saturated carbocycles. The lowest BCUT2D eigenvalue weighted by Crippen LogP contribution is -1.88. The topological polar surface area (TPSA) is 76.3 Å². The van der Waals surface area contributed by atoms with E-state index in [2.05, 4.69) is 4.98 Å². The maximum Gasteiger partial charge on any atom is 0.270 e. The molecule has 0 saturated heterocycles. The van der Waals surface area contributed by atoms with E-state index in [1.165, 1.54) is 24.4 Å². The summed E-state index contributed by atoms with van der Waals surface area (Å²) >= 11 is 0. The molecule has 0 atom stereocenters. The van der Waals surface area contributed by atoms with Crippen molar-refractivity contribution in [1.82, 2.24) is 4.98 Å². The van der Waals surface area contributed by atoms with Crippen molar-refractivity contribution >= 4 is 5.69 Å². The molecule has 1 N–H and O–H groups in total. The van der Waals surface area contributed by atoms with E-state index in [-0.39, 0.29) is 11.4 Å². The van der Waals surface area contributed by atoms with Crippen molar-refractivity contribution in [2.45, 2.75) is 0 Å². The highest BCUT2D eigenvalue weighted by Gasteiger charge is 2.07. The maximum absolute atomic E-state index is 10.6.